The zero-order valence-corrected chi connectivity index (χ0v) is 29.3. The van der Waals surface area contributed by atoms with Crippen molar-refractivity contribution in [3.05, 3.63) is 155 Å². The molecule has 1 aliphatic heterocycles. The number of hydrogen-bond donors (Lipinski definition) is 1. The van der Waals surface area contributed by atoms with Gasteiger partial charge in [-0.1, -0.05) is 54.6 Å². The molecule has 0 aliphatic carbocycles. The van der Waals surface area contributed by atoms with Gasteiger partial charge < -0.3 is 34.1 Å². The monoisotopic (exact) mass is 707 g/mol. The first-order valence-electron chi connectivity index (χ1n) is 16.6. The number of methoxy groups -OCH3 is 4. The lowest BCUT2D eigenvalue weighted by Crippen LogP contribution is -2.44. The Morgan fingerprint density at radius 1 is 0.692 bits per heavy atom. The summed E-state index contributed by atoms with van der Waals surface area (Å²) >= 11 is 0. The second kappa shape index (κ2) is 15.4. The van der Waals surface area contributed by atoms with Gasteiger partial charge in [0, 0.05) is 36.3 Å². The van der Waals surface area contributed by atoms with Gasteiger partial charge in [0.1, 0.15) is 46.7 Å². The van der Waals surface area contributed by atoms with Crippen LogP contribution in [0.25, 0.3) is 0 Å². The number of carbonyl (C=O) groups excluding carboxylic acids is 2. The average molecular weight is 708 g/mol. The number of halogens is 2. The van der Waals surface area contributed by atoms with Crippen molar-refractivity contribution in [3.63, 3.8) is 0 Å². The third-order valence-corrected chi connectivity index (χ3v) is 9.37. The molecule has 268 valence electrons. The molecule has 11 heteroatoms. The van der Waals surface area contributed by atoms with Crippen LogP contribution in [0.3, 0.4) is 0 Å². The summed E-state index contributed by atoms with van der Waals surface area (Å²) < 4.78 is 50.7. The van der Waals surface area contributed by atoms with Gasteiger partial charge >= 0.3 is 6.03 Å². The number of benzene rings is 5. The highest BCUT2D eigenvalue weighted by molar-refractivity contribution is 5.88. The Balaban J connectivity index is 1.45. The molecule has 1 atom stereocenters. The molecule has 1 heterocycles. The quantitative estimate of drug-likeness (QED) is 0.139. The van der Waals surface area contributed by atoms with E-state index in [1.807, 2.05) is 42.5 Å². The molecule has 1 aliphatic rings. The number of urea groups is 1. The van der Waals surface area contributed by atoms with E-state index in [4.69, 9.17) is 18.9 Å². The van der Waals surface area contributed by atoms with Gasteiger partial charge in [-0.2, -0.15) is 0 Å². The Bertz CT molecular complexity index is 1920. The highest BCUT2D eigenvalue weighted by Crippen LogP contribution is 2.48. The van der Waals surface area contributed by atoms with Gasteiger partial charge in [-0.05, 0) is 65.2 Å². The molecule has 0 bridgehead atoms. The molecule has 6 rings (SSSR count). The molecule has 52 heavy (non-hydrogen) atoms. The highest BCUT2D eigenvalue weighted by atomic mass is 19.1. The molecule has 0 aromatic heterocycles. The van der Waals surface area contributed by atoms with Crippen LogP contribution >= 0.6 is 0 Å². The number of ether oxygens (including phenoxy) is 4. The van der Waals surface area contributed by atoms with Crippen LogP contribution in [0.15, 0.2) is 115 Å². The van der Waals surface area contributed by atoms with Gasteiger partial charge in [0.15, 0.2) is 0 Å². The lowest BCUT2D eigenvalue weighted by molar-refractivity contribution is -0.133. The number of rotatable bonds is 13. The third kappa shape index (κ3) is 7.07. The summed E-state index contributed by atoms with van der Waals surface area (Å²) in [5, 5.41) is 3.15. The molecule has 5 aromatic rings. The van der Waals surface area contributed by atoms with Crippen LogP contribution in [0.1, 0.15) is 33.9 Å². The fraction of sp³-hybridized carbons (Fsp3) is 0.220. The van der Waals surface area contributed by atoms with Gasteiger partial charge in [0.25, 0.3) is 0 Å². The van der Waals surface area contributed by atoms with E-state index in [1.54, 1.807) is 81.9 Å². The van der Waals surface area contributed by atoms with Crippen molar-refractivity contribution in [1.29, 1.82) is 0 Å². The predicted molar refractivity (Wildman–Crippen MR) is 191 cm³/mol. The van der Waals surface area contributed by atoms with E-state index in [-0.39, 0.29) is 25.5 Å². The van der Waals surface area contributed by atoms with Gasteiger partial charge in [0.2, 0.25) is 5.91 Å². The van der Waals surface area contributed by atoms with Crippen LogP contribution < -0.4 is 24.3 Å². The highest BCUT2D eigenvalue weighted by Gasteiger charge is 2.55. The standard InChI is InChI=1S/C41H39F2N3O6/c1-49-34-20-10-28(36(22-34)51-3)24-45(25-29-11-21-35(50-2)23-37(29)52-4)38(47)26-46-39(27-8-6-5-7-9-27)41(44-40(46)48,30-12-16-32(42)17-13-30)31-14-18-33(43)19-15-31/h5-23,39H,24-26H2,1-4H3,(H,44,48)/t39-/m0/s1. The van der Waals surface area contributed by atoms with Crippen molar-refractivity contribution in [2.24, 2.45) is 0 Å². The summed E-state index contributed by atoms with van der Waals surface area (Å²) in [4.78, 5) is 32.1. The Morgan fingerprint density at radius 2 is 1.17 bits per heavy atom. The fourth-order valence-corrected chi connectivity index (χ4v) is 6.79. The van der Waals surface area contributed by atoms with E-state index in [1.165, 1.54) is 29.2 Å². The minimum Gasteiger partial charge on any atom is -0.497 e. The van der Waals surface area contributed by atoms with E-state index >= 15 is 0 Å². The number of carbonyl (C=O) groups is 2. The Labute approximate surface area is 301 Å². The zero-order valence-electron chi connectivity index (χ0n) is 29.3. The largest absolute Gasteiger partial charge is 0.497 e. The molecular formula is C41H39F2N3O6. The summed E-state index contributed by atoms with van der Waals surface area (Å²) in [7, 11) is 6.20. The van der Waals surface area contributed by atoms with Crippen LogP contribution in [0.2, 0.25) is 0 Å². The van der Waals surface area contributed by atoms with Crippen LogP contribution in [0.4, 0.5) is 13.6 Å². The normalized spacial score (nSPS) is 14.8. The van der Waals surface area contributed by atoms with Crippen LogP contribution in [0.5, 0.6) is 23.0 Å². The van der Waals surface area contributed by atoms with Crippen molar-refractivity contribution in [2.45, 2.75) is 24.7 Å². The van der Waals surface area contributed by atoms with E-state index in [0.717, 1.165) is 0 Å². The first-order valence-corrected chi connectivity index (χ1v) is 16.6. The summed E-state index contributed by atoms with van der Waals surface area (Å²) in [5.41, 5.74) is 1.91. The van der Waals surface area contributed by atoms with Crippen molar-refractivity contribution >= 4 is 11.9 Å². The van der Waals surface area contributed by atoms with Gasteiger partial charge in [-0.3, -0.25) is 4.79 Å². The second-order valence-electron chi connectivity index (χ2n) is 12.3. The molecule has 1 N–H and O–H groups in total. The predicted octanol–water partition coefficient (Wildman–Crippen LogP) is 7.24. The van der Waals surface area contributed by atoms with Crippen molar-refractivity contribution in [3.8, 4) is 23.0 Å². The van der Waals surface area contributed by atoms with E-state index in [0.29, 0.717) is 50.8 Å². The van der Waals surface area contributed by atoms with Crippen molar-refractivity contribution < 1.29 is 37.3 Å². The van der Waals surface area contributed by atoms with Crippen LogP contribution in [-0.4, -0.2) is 56.7 Å². The molecule has 5 aromatic carbocycles. The van der Waals surface area contributed by atoms with E-state index in [2.05, 4.69) is 5.32 Å². The molecule has 0 unspecified atom stereocenters. The Morgan fingerprint density at radius 3 is 1.62 bits per heavy atom. The number of nitrogens with one attached hydrogen (secondary N) is 1. The first-order chi connectivity index (χ1) is 25.2. The number of hydrogen-bond acceptors (Lipinski definition) is 6. The minimum atomic E-state index is -1.33. The minimum absolute atomic E-state index is 0.119. The van der Waals surface area contributed by atoms with Crippen molar-refractivity contribution in [1.82, 2.24) is 15.1 Å². The topological polar surface area (TPSA) is 89.6 Å². The summed E-state index contributed by atoms with van der Waals surface area (Å²) in [5.74, 6) is 0.938. The van der Waals surface area contributed by atoms with Gasteiger partial charge in [-0.15, -0.1) is 0 Å². The molecular weight excluding hydrogens is 668 g/mol. The molecule has 1 saturated heterocycles. The molecule has 0 saturated carbocycles. The SMILES string of the molecule is COc1ccc(CN(Cc2ccc(OC)cc2OC)C(=O)CN2C(=O)NC(c3ccc(F)cc3)(c3ccc(F)cc3)[C@@H]2c2ccccc2)c(OC)c1. The number of amides is 3. The molecule has 3 amide bonds. The Kier molecular flexibility index (Phi) is 10.6. The van der Waals surface area contributed by atoms with E-state index < -0.39 is 29.2 Å². The summed E-state index contributed by atoms with van der Waals surface area (Å²) in [6, 6.07) is 30.3. The Hall–Kier alpha value is -6.10. The molecule has 0 spiro atoms. The molecule has 9 nitrogen and oxygen atoms in total. The maximum Gasteiger partial charge on any atom is 0.319 e. The zero-order chi connectivity index (χ0) is 36.8. The average Bonchev–Trinajstić information content (AvgIpc) is 3.47. The van der Waals surface area contributed by atoms with Crippen LogP contribution in [0, 0.1) is 11.6 Å². The maximum atomic E-state index is 14.7. The first kappa shape index (κ1) is 35.7. The lowest BCUT2D eigenvalue weighted by Gasteiger charge is -2.38. The smallest absolute Gasteiger partial charge is 0.319 e. The van der Waals surface area contributed by atoms with E-state index in [9.17, 15) is 18.4 Å². The second-order valence-corrected chi connectivity index (χ2v) is 12.3. The maximum absolute atomic E-state index is 14.7. The third-order valence-electron chi connectivity index (χ3n) is 9.37. The van der Waals surface area contributed by atoms with Gasteiger partial charge in [0.05, 0.1) is 34.5 Å². The molecule has 0 radical (unpaired) electrons. The fourth-order valence-electron chi connectivity index (χ4n) is 6.79. The lowest BCUT2D eigenvalue weighted by atomic mass is 9.75. The van der Waals surface area contributed by atoms with Gasteiger partial charge in [-0.25, -0.2) is 13.6 Å². The number of nitrogens with zero attached hydrogens (tertiary/aromatic N) is 2. The van der Waals surface area contributed by atoms with Crippen LogP contribution in [-0.2, 0) is 23.4 Å². The van der Waals surface area contributed by atoms with Crippen molar-refractivity contribution in [2.75, 3.05) is 35.0 Å². The summed E-state index contributed by atoms with van der Waals surface area (Å²) in [6.07, 6.45) is 0. The summed E-state index contributed by atoms with van der Waals surface area (Å²) in [6.45, 7) is -0.103. The molecule has 1 fully saturated rings.